The zero-order valence-corrected chi connectivity index (χ0v) is 15.4. The number of rotatable bonds is 4. The third-order valence-electron chi connectivity index (χ3n) is 4.16. The standard InChI is InChI=1S/C17H24NO2.HI/c1-5-6-7-12-8-13-9-15-16(20-11-19-15)10-14(13)17(12)18(2,3)4;/h8-10,17H,5-7,11H2,1-4H3;1H/q+1;/p-1. The van der Waals surface area contributed by atoms with Gasteiger partial charge in [0, 0.05) is 5.56 Å². The molecule has 1 aliphatic carbocycles. The van der Waals surface area contributed by atoms with Crippen molar-refractivity contribution < 1.29 is 37.9 Å². The van der Waals surface area contributed by atoms with Crippen LogP contribution in [0.5, 0.6) is 11.5 Å². The second-order valence-electron chi connectivity index (χ2n) is 6.68. The van der Waals surface area contributed by atoms with E-state index in [-0.39, 0.29) is 24.0 Å². The Morgan fingerprint density at radius 1 is 1.14 bits per heavy atom. The molecule has 3 rings (SSSR count). The van der Waals surface area contributed by atoms with Crippen molar-refractivity contribution >= 4 is 6.08 Å². The van der Waals surface area contributed by atoms with Crippen molar-refractivity contribution in [3.05, 3.63) is 28.8 Å². The second kappa shape index (κ2) is 6.16. The molecule has 21 heavy (non-hydrogen) atoms. The molecule has 0 fully saturated rings. The Morgan fingerprint density at radius 3 is 2.43 bits per heavy atom. The number of halogens is 1. The first-order valence-corrected chi connectivity index (χ1v) is 7.46. The molecular formula is C17H24INO2. The fourth-order valence-corrected chi connectivity index (χ4v) is 3.32. The molecule has 2 aliphatic rings. The van der Waals surface area contributed by atoms with Crippen molar-refractivity contribution in [3.63, 3.8) is 0 Å². The highest BCUT2D eigenvalue weighted by Gasteiger charge is 2.36. The summed E-state index contributed by atoms with van der Waals surface area (Å²) in [6.07, 6.45) is 6.03. The highest BCUT2D eigenvalue weighted by Crippen LogP contribution is 2.47. The van der Waals surface area contributed by atoms with Crippen LogP contribution in [0, 0.1) is 0 Å². The largest absolute Gasteiger partial charge is 1.00 e. The van der Waals surface area contributed by atoms with Gasteiger partial charge in [-0.2, -0.15) is 0 Å². The fraction of sp³-hybridized carbons (Fsp3) is 0.529. The van der Waals surface area contributed by atoms with Crippen LogP contribution in [0.2, 0.25) is 0 Å². The summed E-state index contributed by atoms with van der Waals surface area (Å²) >= 11 is 0. The molecule has 1 aromatic rings. The molecule has 0 radical (unpaired) electrons. The van der Waals surface area contributed by atoms with Gasteiger partial charge in [-0.1, -0.05) is 13.3 Å². The summed E-state index contributed by atoms with van der Waals surface area (Å²) < 4.78 is 12.0. The lowest BCUT2D eigenvalue weighted by molar-refractivity contribution is -0.896. The lowest BCUT2D eigenvalue weighted by atomic mass is 9.97. The third kappa shape index (κ3) is 3.06. The molecule has 0 spiro atoms. The number of quaternary nitrogens is 1. The molecule has 116 valence electrons. The highest BCUT2D eigenvalue weighted by atomic mass is 127. The van der Waals surface area contributed by atoms with Crippen molar-refractivity contribution in [2.75, 3.05) is 27.9 Å². The van der Waals surface area contributed by atoms with Gasteiger partial charge in [0.2, 0.25) is 6.79 Å². The van der Waals surface area contributed by atoms with Gasteiger partial charge in [-0.05, 0) is 42.2 Å². The number of ether oxygens (including phenoxy) is 2. The maximum absolute atomic E-state index is 5.55. The Balaban J connectivity index is 0.00000161. The van der Waals surface area contributed by atoms with Gasteiger partial charge in [-0.3, -0.25) is 0 Å². The Kier molecular flexibility index (Phi) is 4.88. The maximum Gasteiger partial charge on any atom is 0.231 e. The first kappa shape index (κ1) is 16.6. The van der Waals surface area contributed by atoms with Gasteiger partial charge in [-0.15, -0.1) is 0 Å². The Hall–Kier alpha value is -0.750. The molecule has 0 aromatic heterocycles. The summed E-state index contributed by atoms with van der Waals surface area (Å²) in [7, 11) is 6.80. The van der Waals surface area contributed by atoms with Crippen LogP contribution >= 0.6 is 0 Å². The number of hydrogen-bond acceptors (Lipinski definition) is 2. The third-order valence-corrected chi connectivity index (χ3v) is 4.16. The summed E-state index contributed by atoms with van der Waals surface area (Å²) in [5.41, 5.74) is 4.23. The summed E-state index contributed by atoms with van der Waals surface area (Å²) in [5.74, 6) is 1.78. The van der Waals surface area contributed by atoms with Gasteiger partial charge in [-0.25, -0.2) is 0 Å². The lowest BCUT2D eigenvalue weighted by Crippen LogP contribution is -3.00. The molecule has 4 heteroatoms. The summed E-state index contributed by atoms with van der Waals surface area (Å²) in [4.78, 5) is 0. The number of nitrogens with zero attached hydrogens (tertiary/aromatic N) is 1. The Morgan fingerprint density at radius 2 is 1.81 bits per heavy atom. The second-order valence-corrected chi connectivity index (χ2v) is 6.68. The van der Waals surface area contributed by atoms with E-state index < -0.39 is 0 Å². The van der Waals surface area contributed by atoms with E-state index in [0.717, 1.165) is 16.0 Å². The minimum absolute atomic E-state index is 0. The molecule has 0 saturated heterocycles. The van der Waals surface area contributed by atoms with Crippen LogP contribution in [-0.2, 0) is 0 Å². The van der Waals surface area contributed by atoms with Gasteiger partial charge in [0.15, 0.2) is 11.5 Å². The van der Waals surface area contributed by atoms with Crippen molar-refractivity contribution in [2.45, 2.75) is 32.2 Å². The molecule has 0 N–H and O–H groups in total. The van der Waals surface area contributed by atoms with Gasteiger partial charge in [0.25, 0.3) is 0 Å². The Bertz CT molecular complexity index is 561. The molecule has 1 aliphatic heterocycles. The van der Waals surface area contributed by atoms with E-state index in [1.54, 1.807) is 0 Å². The van der Waals surface area contributed by atoms with Crippen molar-refractivity contribution in [2.24, 2.45) is 0 Å². The molecule has 0 bridgehead atoms. The summed E-state index contributed by atoms with van der Waals surface area (Å²) in [6, 6.07) is 4.76. The predicted octanol–water partition coefficient (Wildman–Crippen LogP) is 0.754. The van der Waals surface area contributed by atoms with Crippen LogP contribution in [-0.4, -0.2) is 32.4 Å². The molecule has 0 amide bonds. The van der Waals surface area contributed by atoms with Gasteiger partial charge < -0.3 is 37.9 Å². The van der Waals surface area contributed by atoms with Crippen LogP contribution in [0.3, 0.4) is 0 Å². The minimum atomic E-state index is 0. The summed E-state index contributed by atoms with van der Waals surface area (Å²) in [5, 5.41) is 0. The number of benzene rings is 1. The van der Waals surface area contributed by atoms with E-state index >= 15 is 0 Å². The van der Waals surface area contributed by atoms with Crippen molar-refractivity contribution in [3.8, 4) is 11.5 Å². The fourth-order valence-electron chi connectivity index (χ4n) is 3.32. The van der Waals surface area contributed by atoms with Crippen molar-refractivity contribution in [1.82, 2.24) is 0 Å². The van der Waals surface area contributed by atoms with E-state index in [1.165, 1.54) is 36.0 Å². The quantitative estimate of drug-likeness (QED) is 0.548. The van der Waals surface area contributed by atoms with E-state index in [4.69, 9.17) is 9.47 Å². The SMILES string of the molecule is CCCCC1=Cc2cc3c(cc2C1[N+](C)(C)C)OCO3.[I-]. The molecule has 1 unspecified atom stereocenters. The van der Waals surface area contributed by atoms with Crippen LogP contribution < -0.4 is 33.5 Å². The monoisotopic (exact) mass is 401 g/mol. The zero-order chi connectivity index (χ0) is 14.3. The Labute approximate surface area is 144 Å². The van der Waals surface area contributed by atoms with E-state index in [1.807, 2.05) is 0 Å². The first-order valence-electron chi connectivity index (χ1n) is 7.46. The molecular weight excluding hydrogens is 377 g/mol. The molecule has 1 heterocycles. The topological polar surface area (TPSA) is 18.5 Å². The number of likely N-dealkylation sites (N-methyl/N-ethyl adjacent to an activating group) is 1. The van der Waals surface area contributed by atoms with Crippen molar-refractivity contribution in [1.29, 1.82) is 0 Å². The predicted molar refractivity (Wildman–Crippen MR) is 80.8 cm³/mol. The van der Waals surface area contributed by atoms with Gasteiger partial charge >= 0.3 is 0 Å². The minimum Gasteiger partial charge on any atom is -1.00 e. The highest BCUT2D eigenvalue weighted by molar-refractivity contribution is 5.69. The van der Waals surface area contributed by atoms with Gasteiger partial charge in [0.1, 0.15) is 6.04 Å². The molecule has 1 atom stereocenters. The number of hydrogen-bond donors (Lipinski definition) is 0. The smallest absolute Gasteiger partial charge is 0.231 e. The molecule has 3 nitrogen and oxygen atoms in total. The normalized spacial score (nSPS) is 19.0. The number of unbranched alkanes of at least 4 members (excludes halogenated alkanes) is 1. The first-order chi connectivity index (χ1) is 9.50. The van der Waals surface area contributed by atoms with E-state index in [2.05, 4.69) is 46.3 Å². The maximum atomic E-state index is 5.55. The zero-order valence-electron chi connectivity index (χ0n) is 13.3. The average Bonchev–Trinajstić information content (AvgIpc) is 2.94. The van der Waals surface area contributed by atoms with Crippen LogP contribution in [0.15, 0.2) is 17.7 Å². The van der Waals surface area contributed by atoms with Gasteiger partial charge in [0.05, 0.1) is 21.1 Å². The van der Waals surface area contributed by atoms with Crippen LogP contribution in [0.4, 0.5) is 0 Å². The number of fused-ring (bicyclic) bond motifs is 2. The molecule has 0 saturated carbocycles. The average molecular weight is 401 g/mol. The van der Waals surface area contributed by atoms with E-state index in [0.29, 0.717) is 12.8 Å². The van der Waals surface area contributed by atoms with Crippen LogP contribution in [0.25, 0.3) is 6.08 Å². The van der Waals surface area contributed by atoms with Crippen LogP contribution in [0.1, 0.15) is 43.4 Å². The molecule has 1 aromatic carbocycles. The summed E-state index contributed by atoms with van der Waals surface area (Å²) in [6.45, 7) is 2.60. The lowest BCUT2D eigenvalue weighted by Gasteiger charge is -2.34. The van der Waals surface area contributed by atoms with E-state index in [9.17, 15) is 0 Å².